The lowest BCUT2D eigenvalue weighted by molar-refractivity contribution is -0.134. The Morgan fingerprint density at radius 3 is 2.54 bits per heavy atom. The summed E-state index contributed by atoms with van der Waals surface area (Å²) in [5.41, 5.74) is 6.62. The van der Waals surface area contributed by atoms with Crippen LogP contribution < -0.4 is 11.1 Å². The van der Waals surface area contributed by atoms with Gasteiger partial charge >= 0.3 is 0 Å². The highest BCUT2D eigenvalue weighted by molar-refractivity contribution is 9.10. The maximum Gasteiger partial charge on any atom is 0.251 e. The van der Waals surface area contributed by atoms with Crippen molar-refractivity contribution in [3.8, 4) is 0 Å². The maximum absolute atomic E-state index is 12.3. The second-order valence-corrected chi connectivity index (χ2v) is 7.63. The first-order valence-electron chi connectivity index (χ1n) is 7.87. The van der Waals surface area contributed by atoms with Crippen molar-refractivity contribution in [3.05, 3.63) is 34.3 Å². The molecule has 0 radical (unpaired) electrons. The van der Waals surface area contributed by atoms with Gasteiger partial charge in [-0.05, 0) is 36.1 Å². The van der Waals surface area contributed by atoms with Crippen LogP contribution in [0.1, 0.15) is 37.0 Å². The van der Waals surface area contributed by atoms with E-state index < -0.39 is 0 Å². The number of rotatable bonds is 4. The Labute approximate surface area is 157 Å². The molecule has 0 spiro atoms. The zero-order chi connectivity index (χ0) is 17.0. The van der Waals surface area contributed by atoms with Gasteiger partial charge in [0.2, 0.25) is 5.91 Å². The molecule has 24 heavy (non-hydrogen) atoms. The molecule has 1 aromatic rings. The summed E-state index contributed by atoms with van der Waals surface area (Å²) in [6.45, 7) is 5.90. The van der Waals surface area contributed by atoms with Crippen LogP contribution in [0.15, 0.2) is 28.7 Å². The molecule has 0 aromatic heterocycles. The number of carbonyl (C=O) groups is 2. The number of piperidine rings is 1. The number of carbonyl (C=O) groups excluding carboxylic acids is 2. The van der Waals surface area contributed by atoms with E-state index in [4.69, 9.17) is 5.73 Å². The Bertz CT molecular complexity index is 578. The number of nitrogens with two attached hydrogens (primary N) is 1. The van der Waals surface area contributed by atoms with E-state index in [0.29, 0.717) is 31.6 Å². The lowest BCUT2D eigenvalue weighted by Crippen LogP contribution is -2.54. The number of amides is 2. The largest absolute Gasteiger partial charge is 0.352 e. The Morgan fingerprint density at radius 1 is 1.33 bits per heavy atom. The predicted molar refractivity (Wildman–Crippen MR) is 101 cm³/mol. The smallest absolute Gasteiger partial charge is 0.251 e. The zero-order valence-corrected chi connectivity index (χ0v) is 16.5. The Balaban J connectivity index is 0.00000288. The molecule has 1 heterocycles. The topological polar surface area (TPSA) is 75.4 Å². The minimum atomic E-state index is -0.161. The molecule has 1 aliphatic heterocycles. The van der Waals surface area contributed by atoms with Gasteiger partial charge in [-0.15, -0.1) is 12.4 Å². The highest BCUT2D eigenvalue weighted by atomic mass is 79.9. The van der Waals surface area contributed by atoms with Gasteiger partial charge in [-0.1, -0.05) is 29.8 Å². The molecule has 0 bridgehead atoms. The van der Waals surface area contributed by atoms with Crippen LogP contribution in [0.2, 0.25) is 0 Å². The van der Waals surface area contributed by atoms with Gasteiger partial charge in [-0.2, -0.15) is 0 Å². The number of halogens is 2. The van der Waals surface area contributed by atoms with Crippen molar-refractivity contribution in [2.45, 2.75) is 32.7 Å². The molecule has 1 aliphatic rings. The lowest BCUT2D eigenvalue weighted by atomic mass is 9.79. The molecule has 7 heteroatoms. The highest BCUT2D eigenvalue weighted by Gasteiger charge is 2.34. The molecular weight excluding hydrogens is 394 g/mol. The van der Waals surface area contributed by atoms with Crippen LogP contribution >= 0.6 is 28.3 Å². The van der Waals surface area contributed by atoms with Gasteiger partial charge in [0.25, 0.3) is 5.91 Å². The number of hydrogen-bond donors (Lipinski definition) is 2. The summed E-state index contributed by atoms with van der Waals surface area (Å²) in [5.74, 6) is -0.0904. The number of nitrogens with zero attached hydrogens (tertiary/aromatic N) is 1. The van der Waals surface area contributed by atoms with Crippen molar-refractivity contribution in [1.82, 2.24) is 10.2 Å². The molecule has 1 unspecified atom stereocenters. The molecular formula is C17H25BrClN3O2. The number of hydrogen-bond acceptors (Lipinski definition) is 3. The minimum absolute atomic E-state index is 0. The second-order valence-electron chi connectivity index (χ2n) is 6.71. The fourth-order valence-corrected chi connectivity index (χ4v) is 3.00. The second kappa shape index (κ2) is 8.83. The van der Waals surface area contributed by atoms with Crippen LogP contribution in [0.5, 0.6) is 0 Å². The van der Waals surface area contributed by atoms with Gasteiger partial charge in [0, 0.05) is 42.1 Å². The van der Waals surface area contributed by atoms with Crippen molar-refractivity contribution in [2.75, 3.05) is 19.6 Å². The van der Waals surface area contributed by atoms with Gasteiger partial charge in [-0.3, -0.25) is 9.59 Å². The number of nitrogens with one attached hydrogen (secondary N) is 1. The van der Waals surface area contributed by atoms with E-state index in [1.54, 1.807) is 12.1 Å². The van der Waals surface area contributed by atoms with Crippen molar-refractivity contribution < 1.29 is 9.59 Å². The van der Waals surface area contributed by atoms with Crippen molar-refractivity contribution in [3.63, 3.8) is 0 Å². The SMILES string of the molecule is CC1(C)CN(C(=O)CCNC(=O)c2ccc(Br)cc2)CCC1N.Cl. The molecule has 0 saturated carbocycles. The van der Waals surface area contributed by atoms with Crippen molar-refractivity contribution in [1.29, 1.82) is 0 Å². The van der Waals surface area contributed by atoms with Crippen LogP contribution in [0.25, 0.3) is 0 Å². The zero-order valence-electron chi connectivity index (χ0n) is 14.0. The monoisotopic (exact) mass is 417 g/mol. The average Bonchev–Trinajstić information content (AvgIpc) is 2.50. The van der Waals surface area contributed by atoms with E-state index in [-0.39, 0.29) is 35.7 Å². The summed E-state index contributed by atoms with van der Waals surface area (Å²) in [5, 5.41) is 2.79. The molecule has 1 atom stereocenters. The summed E-state index contributed by atoms with van der Waals surface area (Å²) in [7, 11) is 0. The molecule has 5 nitrogen and oxygen atoms in total. The van der Waals surface area contributed by atoms with Crippen LogP contribution in [-0.4, -0.2) is 42.4 Å². The summed E-state index contributed by atoms with van der Waals surface area (Å²) < 4.78 is 0.926. The van der Waals surface area contributed by atoms with Crippen LogP contribution in [0.3, 0.4) is 0 Å². The molecule has 2 rings (SSSR count). The van der Waals surface area contributed by atoms with E-state index >= 15 is 0 Å². The van der Waals surface area contributed by atoms with E-state index in [0.717, 1.165) is 10.9 Å². The number of likely N-dealkylation sites (tertiary alicyclic amines) is 1. The van der Waals surface area contributed by atoms with E-state index in [9.17, 15) is 9.59 Å². The number of benzene rings is 1. The Morgan fingerprint density at radius 2 is 1.96 bits per heavy atom. The van der Waals surface area contributed by atoms with E-state index in [2.05, 4.69) is 35.1 Å². The summed E-state index contributed by atoms with van der Waals surface area (Å²) in [4.78, 5) is 26.1. The van der Waals surface area contributed by atoms with Crippen LogP contribution in [0.4, 0.5) is 0 Å². The van der Waals surface area contributed by atoms with E-state index in [1.165, 1.54) is 0 Å². The first-order valence-corrected chi connectivity index (χ1v) is 8.66. The van der Waals surface area contributed by atoms with Gasteiger partial charge < -0.3 is 16.0 Å². The summed E-state index contributed by atoms with van der Waals surface area (Å²) in [6, 6.07) is 7.26. The normalized spacial score (nSPS) is 19.3. The summed E-state index contributed by atoms with van der Waals surface area (Å²) >= 11 is 3.33. The molecule has 1 fully saturated rings. The third kappa shape index (κ3) is 5.46. The van der Waals surface area contributed by atoms with Gasteiger partial charge in [0.15, 0.2) is 0 Å². The third-order valence-electron chi connectivity index (χ3n) is 4.40. The first kappa shape index (κ1) is 20.9. The standard InChI is InChI=1S/C17H24BrN3O2.ClH/c1-17(2)11-21(10-8-14(17)19)15(22)7-9-20-16(23)12-3-5-13(18)6-4-12;/h3-6,14H,7-11,19H2,1-2H3,(H,20,23);1H. The van der Waals surface area contributed by atoms with E-state index in [1.807, 2.05) is 17.0 Å². The van der Waals surface area contributed by atoms with Gasteiger partial charge in [-0.25, -0.2) is 0 Å². The quantitative estimate of drug-likeness (QED) is 0.789. The van der Waals surface area contributed by atoms with Gasteiger partial charge in [0.1, 0.15) is 0 Å². The average molecular weight is 419 g/mol. The fraction of sp³-hybridized carbons (Fsp3) is 0.529. The molecule has 2 amide bonds. The van der Waals surface area contributed by atoms with Crippen molar-refractivity contribution in [2.24, 2.45) is 11.1 Å². The lowest BCUT2D eigenvalue weighted by Gasteiger charge is -2.42. The molecule has 1 saturated heterocycles. The van der Waals surface area contributed by atoms with Crippen LogP contribution in [-0.2, 0) is 4.79 Å². The van der Waals surface area contributed by atoms with Crippen LogP contribution in [0, 0.1) is 5.41 Å². The Hall–Kier alpha value is -1.11. The molecule has 3 N–H and O–H groups in total. The van der Waals surface area contributed by atoms with Crippen molar-refractivity contribution >= 4 is 40.2 Å². The predicted octanol–water partition coefficient (Wildman–Crippen LogP) is 2.58. The molecule has 0 aliphatic carbocycles. The highest BCUT2D eigenvalue weighted by Crippen LogP contribution is 2.27. The fourth-order valence-electron chi connectivity index (χ4n) is 2.73. The molecule has 134 valence electrons. The third-order valence-corrected chi connectivity index (χ3v) is 4.92. The van der Waals surface area contributed by atoms with Gasteiger partial charge in [0.05, 0.1) is 0 Å². The minimum Gasteiger partial charge on any atom is -0.352 e. The Kier molecular flexibility index (Phi) is 7.70. The summed E-state index contributed by atoms with van der Waals surface area (Å²) in [6.07, 6.45) is 1.14. The first-order chi connectivity index (χ1) is 10.8. The molecule has 1 aromatic carbocycles. The maximum atomic E-state index is 12.3.